The van der Waals surface area contributed by atoms with Crippen molar-refractivity contribution >= 4 is 11.6 Å². The zero-order valence-corrected chi connectivity index (χ0v) is 12.9. The second kappa shape index (κ2) is 6.65. The molecule has 0 unspecified atom stereocenters. The van der Waals surface area contributed by atoms with E-state index in [1.165, 1.54) is 6.07 Å². The highest BCUT2D eigenvalue weighted by Crippen LogP contribution is 2.28. The van der Waals surface area contributed by atoms with Crippen LogP contribution < -0.4 is 10.6 Å². The minimum absolute atomic E-state index is 0.184. The summed E-state index contributed by atoms with van der Waals surface area (Å²) in [6, 6.07) is 7.00. The standard InChI is InChI=1S/C17H24FN3O/c18-14-5-1-2-7-16(14)20-8-10-21(11-9-20)17(22)12-13-4-3-6-15(13)19/h1-2,5,7,13,15H,3-4,6,8-12,19H2/t13-,15+/m0/s1. The molecule has 0 radical (unpaired) electrons. The molecule has 1 saturated carbocycles. The highest BCUT2D eigenvalue weighted by molar-refractivity contribution is 5.77. The minimum Gasteiger partial charge on any atom is -0.366 e. The van der Waals surface area contributed by atoms with Crippen molar-refractivity contribution in [3.63, 3.8) is 0 Å². The van der Waals surface area contributed by atoms with Crippen molar-refractivity contribution in [2.24, 2.45) is 11.7 Å². The Morgan fingerprint density at radius 1 is 1.18 bits per heavy atom. The fourth-order valence-corrected chi connectivity index (χ4v) is 3.58. The van der Waals surface area contributed by atoms with Crippen molar-refractivity contribution in [1.82, 2.24) is 4.90 Å². The van der Waals surface area contributed by atoms with Crippen molar-refractivity contribution < 1.29 is 9.18 Å². The molecule has 1 aromatic rings. The fourth-order valence-electron chi connectivity index (χ4n) is 3.58. The van der Waals surface area contributed by atoms with Crippen molar-refractivity contribution in [2.75, 3.05) is 31.1 Å². The van der Waals surface area contributed by atoms with Crippen LogP contribution in [-0.4, -0.2) is 43.0 Å². The molecule has 0 aromatic heterocycles. The molecule has 5 heteroatoms. The van der Waals surface area contributed by atoms with Crippen LogP contribution in [0.5, 0.6) is 0 Å². The Bertz CT molecular complexity index is 528. The summed E-state index contributed by atoms with van der Waals surface area (Å²) in [5.41, 5.74) is 6.68. The second-order valence-electron chi connectivity index (χ2n) is 6.38. The molecule has 22 heavy (non-hydrogen) atoms. The number of nitrogens with zero attached hydrogens (tertiary/aromatic N) is 2. The van der Waals surface area contributed by atoms with Crippen LogP contribution in [0.25, 0.3) is 0 Å². The van der Waals surface area contributed by atoms with Gasteiger partial charge in [-0.25, -0.2) is 4.39 Å². The number of para-hydroxylation sites is 1. The van der Waals surface area contributed by atoms with E-state index in [0.29, 0.717) is 44.2 Å². The summed E-state index contributed by atoms with van der Waals surface area (Å²) >= 11 is 0. The van der Waals surface area contributed by atoms with Gasteiger partial charge in [-0.2, -0.15) is 0 Å². The predicted octanol–water partition coefficient (Wildman–Crippen LogP) is 1.99. The summed E-state index contributed by atoms with van der Waals surface area (Å²) in [5.74, 6) is 0.354. The summed E-state index contributed by atoms with van der Waals surface area (Å²) < 4.78 is 13.8. The lowest BCUT2D eigenvalue weighted by molar-refractivity contribution is -0.132. The Labute approximate surface area is 131 Å². The van der Waals surface area contributed by atoms with Crippen molar-refractivity contribution in [3.8, 4) is 0 Å². The van der Waals surface area contributed by atoms with Gasteiger partial charge in [0.25, 0.3) is 0 Å². The predicted molar refractivity (Wildman–Crippen MR) is 85.1 cm³/mol. The molecule has 2 fully saturated rings. The lowest BCUT2D eigenvalue weighted by atomic mass is 9.99. The van der Waals surface area contributed by atoms with Crippen molar-refractivity contribution in [1.29, 1.82) is 0 Å². The number of hydrogen-bond donors (Lipinski definition) is 1. The third-order valence-corrected chi connectivity index (χ3v) is 4.98. The monoisotopic (exact) mass is 305 g/mol. The quantitative estimate of drug-likeness (QED) is 0.929. The summed E-state index contributed by atoms with van der Waals surface area (Å²) in [4.78, 5) is 16.3. The van der Waals surface area contributed by atoms with Crippen LogP contribution in [-0.2, 0) is 4.79 Å². The number of carbonyl (C=O) groups is 1. The number of hydrogen-bond acceptors (Lipinski definition) is 3. The molecule has 2 aliphatic rings. The van der Waals surface area contributed by atoms with E-state index in [0.717, 1.165) is 19.3 Å². The van der Waals surface area contributed by atoms with E-state index in [4.69, 9.17) is 5.73 Å². The van der Waals surface area contributed by atoms with E-state index in [1.807, 2.05) is 15.9 Å². The van der Waals surface area contributed by atoms with E-state index in [1.54, 1.807) is 12.1 Å². The van der Waals surface area contributed by atoms with Gasteiger partial charge in [-0.15, -0.1) is 0 Å². The van der Waals surface area contributed by atoms with Gasteiger partial charge in [0, 0.05) is 38.6 Å². The molecule has 4 nitrogen and oxygen atoms in total. The van der Waals surface area contributed by atoms with E-state index < -0.39 is 0 Å². The lowest BCUT2D eigenvalue weighted by Gasteiger charge is -2.36. The fraction of sp³-hybridized carbons (Fsp3) is 0.588. The maximum absolute atomic E-state index is 13.8. The Balaban J connectivity index is 1.53. The van der Waals surface area contributed by atoms with Crippen LogP contribution in [0.2, 0.25) is 0 Å². The molecule has 120 valence electrons. The van der Waals surface area contributed by atoms with Crippen molar-refractivity contribution in [2.45, 2.75) is 31.7 Å². The van der Waals surface area contributed by atoms with Crippen LogP contribution in [0, 0.1) is 11.7 Å². The second-order valence-corrected chi connectivity index (χ2v) is 6.38. The van der Waals surface area contributed by atoms with E-state index >= 15 is 0 Å². The summed E-state index contributed by atoms with van der Waals surface area (Å²) in [7, 11) is 0. The van der Waals surface area contributed by atoms with Gasteiger partial charge in [-0.3, -0.25) is 4.79 Å². The van der Waals surface area contributed by atoms with Gasteiger partial charge in [0.15, 0.2) is 0 Å². The van der Waals surface area contributed by atoms with Crippen LogP contribution in [0.15, 0.2) is 24.3 Å². The van der Waals surface area contributed by atoms with Crippen LogP contribution >= 0.6 is 0 Å². The SMILES string of the molecule is N[C@@H]1CCC[C@H]1CC(=O)N1CCN(c2ccccc2F)CC1. The van der Waals surface area contributed by atoms with Gasteiger partial charge in [-0.05, 0) is 30.9 Å². The third-order valence-electron chi connectivity index (χ3n) is 4.98. The molecule has 2 atom stereocenters. The Morgan fingerprint density at radius 3 is 2.55 bits per heavy atom. The van der Waals surface area contributed by atoms with Gasteiger partial charge >= 0.3 is 0 Å². The summed E-state index contributed by atoms with van der Waals surface area (Å²) in [6.45, 7) is 2.69. The smallest absolute Gasteiger partial charge is 0.223 e. The maximum atomic E-state index is 13.8. The van der Waals surface area contributed by atoms with Gasteiger partial charge in [0.05, 0.1) is 5.69 Å². The largest absolute Gasteiger partial charge is 0.366 e. The highest BCUT2D eigenvalue weighted by atomic mass is 19.1. The zero-order valence-electron chi connectivity index (χ0n) is 12.9. The first-order valence-corrected chi connectivity index (χ1v) is 8.18. The molecule has 3 rings (SSSR count). The number of piperazine rings is 1. The van der Waals surface area contributed by atoms with Gasteiger partial charge < -0.3 is 15.5 Å². The van der Waals surface area contributed by atoms with Gasteiger partial charge in [0.2, 0.25) is 5.91 Å². The number of rotatable bonds is 3. The van der Waals surface area contributed by atoms with Gasteiger partial charge in [0.1, 0.15) is 5.82 Å². The summed E-state index contributed by atoms with van der Waals surface area (Å²) in [5, 5.41) is 0. The lowest BCUT2D eigenvalue weighted by Crippen LogP contribution is -2.49. The molecule has 1 amide bonds. The van der Waals surface area contributed by atoms with Crippen LogP contribution in [0.1, 0.15) is 25.7 Å². The first kappa shape index (κ1) is 15.3. The Morgan fingerprint density at radius 2 is 1.91 bits per heavy atom. The molecule has 1 aliphatic carbocycles. The summed E-state index contributed by atoms with van der Waals surface area (Å²) in [6.07, 6.45) is 3.82. The molecule has 2 N–H and O–H groups in total. The van der Waals surface area contributed by atoms with Crippen LogP contribution in [0.3, 0.4) is 0 Å². The number of benzene rings is 1. The minimum atomic E-state index is -0.195. The topological polar surface area (TPSA) is 49.6 Å². The normalized spacial score (nSPS) is 25.5. The average molecular weight is 305 g/mol. The number of halogens is 1. The van der Waals surface area contributed by atoms with Crippen LogP contribution in [0.4, 0.5) is 10.1 Å². The number of amides is 1. The first-order chi connectivity index (χ1) is 10.6. The number of anilines is 1. The molecule has 1 saturated heterocycles. The molecule has 1 aliphatic heterocycles. The molecule has 1 heterocycles. The highest BCUT2D eigenvalue weighted by Gasteiger charge is 2.29. The Hall–Kier alpha value is -1.62. The molecule has 0 spiro atoms. The van der Waals surface area contributed by atoms with Crippen molar-refractivity contribution in [3.05, 3.63) is 30.1 Å². The zero-order chi connectivity index (χ0) is 15.5. The number of carbonyl (C=O) groups excluding carboxylic acids is 1. The third kappa shape index (κ3) is 3.24. The van der Waals surface area contributed by atoms with E-state index in [-0.39, 0.29) is 17.8 Å². The first-order valence-electron chi connectivity index (χ1n) is 8.18. The molecular weight excluding hydrogens is 281 g/mol. The van der Waals surface area contributed by atoms with Gasteiger partial charge in [-0.1, -0.05) is 18.6 Å². The Kier molecular flexibility index (Phi) is 4.62. The molecule has 1 aromatic carbocycles. The molecule has 0 bridgehead atoms. The average Bonchev–Trinajstić information content (AvgIpc) is 2.93. The number of nitrogens with two attached hydrogens (primary N) is 1. The van der Waals surface area contributed by atoms with E-state index in [9.17, 15) is 9.18 Å². The van der Waals surface area contributed by atoms with E-state index in [2.05, 4.69) is 0 Å². The maximum Gasteiger partial charge on any atom is 0.223 e. The molecular formula is C17H24FN3O.